The molecular formula is C9H10N4S. The minimum Gasteiger partial charge on any atom is -0.368 e. The Morgan fingerprint density at radius 2 is 2.00 bits per heavy atom. The Morgan fingerprint density at radius 1 is 1.36 bits per heavy atom. The topological polar surface area (TPSA) is 59.6 Å². The highest BCUT2D eigenvalue weighted by molar-refractivity contribution is 7.71. The van der Waals surface area contributed by atoms with Gasteiger partial charge in [0.1, 0.15) is 0 Å². The number of hydrogen-bond acceptors (Lipinski definition) is 3. The Morgan fingerprint density at radius 3 is 2.50 bits per heavy atom. The van der Waals surface area contributed by atoms with Crippen LogP contribution >= 0.6 is 12.2 Å². The van der Waals surface area contributed by atoms with Gasteiger partial charge < -0.3 is 5.73 Å². The second kappa shape index (κ2) is 3.26. The number of nitrogens with one attached hydrogen (secondary N) is 1. The summed E-state index contributed by atoms with van der Waals surface area (Å²) in [5, 5.41) is 6.48. The van der Waals surface area contributed by atoms with Crippen LogP contribution in [0.3, 0.4) is 0 Å². The van der Waals surface area contributed by atoms with Crippen LogP contribution in [-0.4, -0.2) is 14.8 Å². The summed E-state index contributed by atoms with van der Waals surface area (Å²) in [5.41, 5.74) is 7.79. The van der Waals surface area contributed by atoms with Crippen molar-refractivity contribution in [2.45, 2.75) is 6.92 Å². The van der Waals surface area contributed by atoms with E-state index >= 15 is 0 Å². The molecule has 1 aromatic carbocycles. The third-order valence-corrected chi connectivity index (χ3v) is 2.26. The van der Waals surface area contributed by atoms with Gasteiger partial charge in [0.2, 0.25) is 10.7 Å². The van der Waals surface area contributed by atoms with Crippen molar-refractivity contribution in [2.75, 3.05) is 5.73 Å². The van der Waals surface area contributed by atoms with Gasteiger partial charge >= 0.3 is 0 Å². The molecule has 0 atom stereocenters. The van der Waals surface area contributed by atoms with E-state index in [0.717, 1.165) is 5.69 Å². The molecule has 1 heterocycles. The summed E-state index contributed by atoms with van der Waals surface area (Å²) in [7, 11) is 0. The summed E-state index contributed by atoms with van der Waals surface area (Å²) in [6.45, 7) is 2.03. The average molecular weight is 206 g/mol. The molecule has 0 unspecified atom stereocenters. The second-order valence-corrected chi connectivity index (χ2v) is 3.44. The van der Waals surface area contributed by atoms with Crippen molar-refractivity contribution in [2.24, 2.45) is 0 Å². The summed E-state index contributed by atoms with van der Waals surface area (Å²) in [5.74, 6) is 0.374. The molecule has 3 N–H and O–H groups in total. The van der Waals surface area contributed by atoms with Gasteiger partial charge in [-0.25, -0.2) is 5.10 Å². The van der Waals surface area contributed by atoms with Crippen LogP contribution in [0.25, 0.3) is 5.69 Å². The van der Waals surface area contributed by atoms with Gasteiger partial charge in [-0.3, -0.25) is 4.57 Å². The monoisotopic (exact) mass is 206 g/mol. The van der Waals surface area contributed by atoms with Crippen molar-refractivity contribution in [3.63, 3.8) is 0 Å². The van der Waals surface area contributed by atoms with Crippen LogP contribution in [0.1, 0.15) is 5.56 Å². The van der Waals surface area contributed by atoms with Gasteiger partial charge in [0.05, 0.1) is 5.69 Å². The minimum absolute atomic E-state index is 0.374. The molecule has 1 aromatic heterocycles. The van der Waals surface area contributed by atoms with Crippen molar-refractivity contribution in [3.05, 3.63) is 34.6 Å². The molecule has 72 valence electrons. The van der Waals surface area contributed by atoms with Crippen LogP contribution in [0, 0.1) is 11.7 Å². The van der Waals surface area contributed by atoms with Gasteiger partial charge in [-0.2, -0.15) is 0 Å². The molecule has 0 amide bonds. The highest BCUT2D eigenvalue weighted by Crippen LogP contribution is 2.12. The molecule has 4 nitrogen and oxygen atoms in total. The summed E-state index contributed by atoms with van der Waals surface area (Å²) in [6, 6.07) is 7.92. The Hall–Kier alpha value is -1.62. The Balaban J connectivity index is 2.60. The van der Waals surface area contributed by atoms with Crippen LogP contribution in [0.4, 0.5) is 5.95 Å². The van der Waals surface area contributed by atoms with E-state index < -0.39 is 0 Å². The first-order valence-corrected chi connectivity index (χ1v) is 4.59. The van der Waals surface area contributed by atoms with Crippen molar-refractivity contribution >= 4 is 18.2 Å². The smallest absolute Gasteiger partial charge is 0.225 e. The third-order valence-electron chi connectivity index (χ3n) is 1.99. The van der Waals surface area contributed by atoms with Gasteiger partial charge in [-0.05, 0) is 31.3 Å². The lowest BCUT2D eigenvalue weighted by Crippen LogP contribution is -2.00. The molecule has 2 rings (SSSR count). The molecule has 0 bridgehead atoms. The number of nitrogens with two attached hydrogens (primary N) is 1. The molecule has 0 aliphatic heterocycles. The Bertz CT molecular complexity index is 494. The lowest BCUT2D eigenvalue weighted by Gasteiger charge is -2.03. The number of hydrogen-bond donors (Lipinski definition) is 2. The average Bonchev–Trinajstić information content (AvgIpc) is 2.49. The van der Waals surface area contributed by atoms with E-state index in [1.807, 2.05) is 31.2 Å². The number of rotatable bonds is 1. The molecule has 5 heteroatoms. The Kier molecular flexibility index (Phi) is 2.09. The van der Waals surface area contributed by atoms with Crippen LogP contribution in [0.2, 0.25) is 0 Å². The molecule has 2 aromatic rings. The van der Waals surface area contributed by atoms with E-state index in [2.05, 4.69) is 10.2 Å². The van der Waals surface area contributed by atoms with Crippen LogP contribution in [-0.2, 0) is 0 Å². The summed E-state index contributed by atoms with van der Waals surface area (Å²) in [4.78, 5) is 0. The highest BCUT2D eigenvalue weighted by Gasteiger charge is 2.03. The summed E-state index contributed by atoms with van der Waals surface area (Å²) < 4.78 is 2.20. The first kappa shape index (κ1) is 8.96. The minimum atomic E-state index is 0.374. The molecular weight excluding hydrogens is 196 g/mol. The fourth-order valence-corrected chi connectivity index (χ4v) is 1.50. The molecule has 0 fully saturated rings. The molecule has 0 spiro atoms. The maximum Gasteiger partial charge on any atom is 0.225 e. The summed E-state index contributed by atoms with van der Waals surface area (Å²) in [6.07, 6.45) is 0. The fourth-order valence-electron chi connectivity index (χ4n) is 1.25. The zero-order valence-corrected chi connectivity index (χ0v) is 8.51. The van der Waals surface area contributed by atoms with Gasteiger partial charge in [0, 0.05) is 0 Å². The highest BCUT2D eigenvalue weighted by atomic mass is 32.1. The van der Waals surface area contributed by atoms with E-state index in [-0.39, 0.29) is 0 Å². The van der Waals surface area contributed by atoms with Gasteiger partial charge in [-0.15, -0.1) is 5.10 Å². The van der Waals surface area contributed by atoms with Crippen LogP contribution in [0.5, 0.6) is 0 Å². The van der Waals surface area contributed by atoms with Crippen LogP contribution < -0.4 is 5.73 Å². The summed E-state index contributed by atoms with van der Waals surface area (Å²) >= 11 is 5.05. The van der Waals surface area contributed by atoms with Crippen molar-refractivity contribution in [3.8, 4) is 5.69 Å². The number of anilines is 1. The maximum absolute atomic E-state index is 5.67. The SMILES string of the molecule is Cc1ccc(-n2c(N)n[nH]c2=S)cc1. The van der Waals surface area contributed by atoms with Crippen molar-refractivity contribution in [1.29, 1.82) is 0 Å². The molecule has 0 radical (unpaired) electrons. The van der Waals surface area contributed by atoms with E-state index in [4.69, 9.17) is 18.0 Å². The number of benzene rings is 1. The number of H-pyrrole nitrogens is 1. The predicted molar refractivity (Wildman–Crippen MR) is 57.9 cm³/mol. The molecule has 0 saturated heterocycles. The fraction of sp³-hybridized carbons (Fsp3) is 0.111. The van der Waals surface area contributed by atoms with Crippen molar-refractivity contribution in [1.82, 2.24) is 14.8 Å². The quantitative estimate of drug-likeness (QED) is 0.700. The number of nitrogen functional groups attached to an aromatic ring is 1. The van der Waals surface area contributed by atoms with E-state index in [0.29, 0.717) is 10.7 Å². The maximum atomic E-state index is 5.67. The first-order chi connectivity index (χ1) is 6.68. The molecule has 0 aliphatic rings. The third kappa shape index (κ3) is 1.42. The normalized spacial score (nSPS) is 10.4. The van der Waals surface area contributed by atoms with E-state index in [1.165, 1.54) is 5.56 Å². The first-order valence-electron chi connectivity index (χ1n) is 4.18. The largest absolute Gasteiger partial charge is 0.368 e. The number of aromatic nitrogens is 3. The van der Waals surface area contributed by atoms with Gasteiger partial charge in [0.25, 0.3) is 0 Å². The number of nitrogens with zero attached hydrogens (tertiary/aromatic N) is 2. The lowest BCUT2D eigenvalue weighted by molar-refractivity contribution is 1.04. The molecule has 0 saturated carbocycles. The second-order valence-electron chi connectivity index (χ2n) is 3.06. The zero-order chi connectivity index (χ0) is 10.1. The number of aromatic amines is 1. The Labute approximate surface area is 86.4 Å². The van der Waals surface area contributed by atoms with Crippen LogP contribution in [0.15, 0.2) is 24.3 Å². The van der Waals surface area contributed by atoms with E-state index in [1.54, 1.807) is 4.57 Å². The molecule has 0 aliphatic carbocycles. The molecule has 14 heavy (non-hydrogen) atoms. The van der Waals surface area contributed by atoms with Crippen molar-refractivity contribution < 1.29 is 0 Å². The van der Waals surface area contributed by atoms with Gasteiger partial charge in [-0.1, -0.05) is 17.7 Å². The number of aryl methyl sites for hydroxylation is 1. The zero-order valence-electron chi connectivity index (χ0n) is 7.69. The standard InChI is InChI=1S/C9H10N4S/c1-6-2-4-7(5-3-6)13-8(10)11-12-9(13)14/h2-5H,1H3,(H2,10,11)(H,12,14). The van der Waals surface area contributed by atoms with E-state index in [9.17, 15) is 0 Å². The predicted octanol–water partition coefficient (Wildman–Crippen LogP) is 1.82. The lowest BCUT2D eigenvalue weighted by atomic mass is 10.2. The van der Waals surface area contributed by atoms with Gasteiger partial charge in [0.15, 0.2) is 0 Å².